The summed E-state index contributed by atoms with van der Waals surface area (Å²) in [6, 6.07) is 4.61. The van der Waals surface area contributed by atoms with Crippen molar-refractivity contribution in [3.63, 3.8) is 0 Å². The predicted octanol–water partition coefficient (Wildman–Crippen LogP) is 2.07. The summed E-state index contributed by atoms with van der Waals surface area (Å²) in [5.74, 6) is -1.41. The molecule has 20 heavy (non-hydrogen) atoms. The molecule has 0 bridgehead atoms. The van der Waals surface area contributed by atoms with Crippen LogP contribution in [0.4, 0.5) is 8.78 Å². The highest BCUT2D eigenvalue weighted by atomic mass is 19.1. The molecule has 1 aromatic carbocycles. The van der Waals surface area contributed by atoms with Crippen LogP contribution in [-0.2, 0) is 0 Å². The number of aliphatic hydroxyl groups excluding tert-OH is 1. The maximum Gasteiger partial charge on any atom is 0.131 e. The molecule has 1 saturated carbocycles. The van der Waals surface area contributed by atoms with Crippen LogP contribution in [0.15, 0.2) is 18.2 Å². The second kappa shape index (κ2) is 6.61. The first kappa shape index (κ1) is 15.4. The number of halogens is 2. The molecule has 1 fully saturated rings. The lowest BCUT2D eigenvalue weighted by molar-refractivity contribution is 0.158. The first-order chi connectivity index (χ1) is 9.50. The quantitative estimate of drug-likeness (QED) is 0.804. The molecule has 1 aromatic rings. The van der Waals surface area contributed by atoms with Crippen LogP contribution < -0.4 is 5.32 Å². The summed E-state index contributed by atoms with van der Waals surface area (Å²) >= 11 is 0. The number of nitrogens with zero attached hydrogens (tertiary/aromatic N) is 1. The Bertz CT molecular complexity index is 431. The second-order valence-electron chi connectivity index (χ2n) is 5.56. The smallest absolute Gasteiger partial charge is 0.131 e. The van der Waals surface area contributed by atoms with E-state index in [9.17, 15) is 13.9 Å². The molecule has 1 aliphatic carbocycles. The van der Waals surface area contributed by atoms with Crippen LogP contribution in [0.5, 0.6) is 0 Å². The molecule has 0 saturated heterocycles. The fraction of sp³-hybridized carbons (Fsp3) is 0.600. The van der Waals surface area contributed by atoms with Gasteiger partial charge in [-0.05, 0) is 38.9 Å². The van der Waals surface area contributed by atoms with Crippen molar-refractivity contribution < 1.29 is 13.9 Å². The molecule has 3 nitrogen and oxygen atoms in total. The van der Waals surface area contributed by atoms with E-state index < -0.39 is 17.7 Å². The van der Waals surface area contributed by atoms with Crippen molar-refractivity contribution in [2.24, 2.45) is 0 Å². The molecule has 2 N–H and O–H groups in total. The topological polar surface area (TPSA) is 35.5 Å². The molecule has 0 aromatic heterocycles. The van der Waals surface area contributed by atoms with E-state index in [4.69, 9.17) is 0 Å². The van der Waals surface area contributed by atoms with E-state index in [-0.39, 0.29) is 12.1 Å². The molecular weight excluding hydrogens is 262 g/mol. The highest BCUT2D eigenvalue weighted by Crippen LogP contribution is 2.26. The van der Waals surface area contributed by atoms with Crippen molar-refractivity contribution in [2.45, 2.75) is 38.0 Å². The Kier molecular flexibility index (Phi) is 5.07. The van der Waals surface area contributed by atoms with Crippen LogP contribution in [0.2, 0.25) is 0 Å². The number of hydrogen-bond acceptors (Lipinski definition) is 3. The number of benzene rings is 1. The van der Waals surface area contributed by atoms with Gasteiger partial charge < -0.3 is 10.4 Å². The minimum Gasteiger partial charge on any atom is -0.387 e. The summed E-state index contributed by atoms with van der Waals surface area (Å²) in [6.07, 6.45) is 1.31. The predicted molar refractivity (Wildman–Crippen MR) is 74.4 cm³/mol. The van der Waals surface area contributed by atoms with Gasteiger partial charge in [-0.15, -0.1) is 0 Å². The van der Waals surface area contributed by atoms with Gasteiger partial charge in [0.2, 0.25) is 0 Å². The summed E-state index contributed by atoms with van der Waals surface area (Å²) in [4.78, 5) is 2.29. The van der Waals surface area contributed by atoms with E-state index >= 15 is 0 Å². The Morgan fingerprint density at radius 3 is 2.45 bits per heavy atom. The first-order valence-electron chi connectivity index (χ1n) is 7.05. The standard InChI is InChI=1S/C15H22F2N2O/c1-10(19(2)11-6-7-11)8-18-9-14(20)15-12(16)4-3-5-13(15)17/h3-5,10-11,14,18,20H,6-9H2,1-2H3. The third-order valence-corrected chi connectivity index (χ3v) is 3.93. The van der Waals surface area contributed by atoms with Crippen LogP contribution in [0.1, 0.15) is 31.4 Å². The molecule has 1 aliphatic rings. The molecule has 0 heterocycles. The molecule has 0 aliphatic heterocycles. The van der Waals surface area contributed by atoms with Gasteiger partial charge in [0.15, 0.2) is 0 Å². The van der Waals surface area contributed by atoms with Crippen LogP contribution >= 0.6 is 0 Å². The lowest BCUT2D eigenvalue weighted by Crippen LogP contribution is -2.40. The zero-order valence-corrected chi connectivity index (χ0v) is 11.9. The van der Waals surface area contributed by atoms with Crippen molar-refractivity contribution in [1.82, 2.24) is 10.2 Å². The van der Waals surface area contributed by atoms with Gasteiger partial charge in [-0.3, -0.25) is 4.90 Å². The Hall–Kier alpha value is -1.04. The lowest BCUT2D eigenvalue weighted by atomic mass is 10.1. The minimum atomic E-state index is -1.17. The Labute approximate surface area is 118 Å². The highest BCUT2D eigenvalue weighted by Gasteiger charge is 2.29. The third-order valence-electron chi connectivity index (χ3n) is 3.93. The average molecular weight is 284 g/mol. The maximum absolute atomic E-state index is 13.5. The van der Waals surface area contributed by atoms with E-state index in [1.165, 1.54) is 18.9 Å². The zero-order valence-electron chi connectivity index (χ0n) is 11.9. The number of hydrogen-bond donors (Lipinski definition) is 2. The van der Waals surface area contributed by atoms with Gasteiger partial charge in [-0.2, -0.15) is 0 Å². The van der Waals surface area contributed by atoms with E-state index in [1.807, 2.05) is 0 Å². The van der Waals surface area contributed by atoms with Gasteiger partial charge in [0.1, 0.15) is 11.6 Å². The molecule has 2 atom stereocenters. The lowest BCUT2D eigenvalue weighted by Gasteiger charge is -2.25. The van der Waals surface area contributed by atoms with Crippen molar-refractivity contribution in [1.29, 1.82) is 0 Å². The zero-order chi connectivity index (χ0) is 14.7. The summed E-state index contributed by atoms with van der Waals surface area (Å²) in [5, 5.41) is 13.0. The molecule has 112 valence electrons. The summed E-state index contributed by atoms with van der Waals surface area (Å²) in [7, 11) is 2.08. The fourth-order valence-corrected chi connectivity index (χ4v) is 2.35. The van der Waals surface area contributed by atoms with Crippen molar-refractivity contribution in [2.75, 3.05) is 20.1 Å². The largest absolute Gasteiger partial charge is 0.387 e. The summed E-state index contributed by atoms with van der Waals surface area (Å²) < 4.78 is 27.0. The van der Waals surface area contributed by atoms with Gasteiger partial charge in [-0.25, -0.2) is 8.78 Å². The molecule has 0 spiro atoms. The number of aliphatic hydroxyl groups is 1. The Balaban J connectivity index is 1.81. The monoisotopic (exact) mass is 284 g/mol. The van der Waals surface area contributed by atoms with E-state index in [2.05, 4.69) is 24.2 Å². The second-order valence-corrected chi connectivity index (χ2v) is 5.56. The van der Waals surface area contributed by atoms with Crippen LogP contribution in [0.25, 0.3) is 0 Å². The summed E-state index contributed by atoms with van der Waals surface area (Å²) in [5.41, 5.74) is -0.261. The minimum absolute atomic E-state index is 0.140. The van der Waals surface area contributed by atoms with Crippen molar-refractivity contribution >= 4 is 0 Å². The Morgan fingerprint density at radius 1 is 1.30 bits per heavy atom. The van der Waals surface area contributed by atoms with Crippen molar-refractivity contribution in [3.8, 4) is 0 Å². The van der Waals surface area contributed by atoms with Gasteiger partial charge in [0, 0.05) is 25.2 Å². The Morgan fingerprint density at radius 2 is 1.90 bits per heavy atom. The fourth-order valence-electron chi connectivity index (χ4n) is 2.35. The molecule has 2 rings (SSSR count). The van der Waals surface area contributed by atoms with Crippen LogP contribution in [0.3, 0.4) is 0 Å². The average Bonchev–Trinajstić information content (AvgIpc) is 3.21. The number of likely N-dealkylation sites (N-methyl/N-ethyl adjacent to an activating group) is 1. The van der Waals surface area contributed by atoms with Crippen LogP contribution in [0, 0.1) is 11.6 Å². The highest BCUT2D eigenvalue weighted by molar-refractivity contribution is 5.22. The van der Waals surface area contributed by atoms with Gasteiger partial charge >= 0.3 is 0 Å². The van der Waals surface area contributed by atoms with Crippen LogP contribution in [-0.4, -0.2) is 42.2 Å². The van der Waals surface area contributed by atoms with E-state index in [0.29, 0.717) is 18.6 Å². The number of nitrogens with one attached hydrogen (secondary N) is 1. The normalized spacial score (nSPS) is 18.3. The van der Waals surface area contributed by atoms with Gasteiger partial charge in [-0.1, -0.05) is 6.07 Å². The molecule has 2 unspecified atom stereocenters. The van der Waals surface area contributed by atoms with Crippen molar-refractivity contribution in [3.05, 3.63) is 35.4 Å². The molecule has 5 heteroatoms. The molecule has 0 radical (unpaired) electrons. The van der Waals surface area contributed by atoms with E-state index in [0.717, 1.165) is 12.1 Å². The maximum atomic E-state index is 13.5. The SMILES string of the molecule is CC(CNCC(O)c1c(F)cccc1F)N(C)C1CC1. The van der Waals surface area contributed by atoms with Gasteiger partial charge in [0.05, 0.1) is 11.7 Å². The molecular formula is C15H22F2N2O. The van der Waals surface area contributed by atoms with Gasteiger partial charge in [0.25, 0.3) is 0 Å². The third kappa shape index (κ3) is 3.75. The van der Waals surface area contributed by atoms with E-state index in [1.54, 1.807) is 0 Å². The summed E-state index contributed by atoms with van der Waals surface area (Å²) in [6.45, 7) is 2.92. The molecule has 0 amide bonds. The first-order valence-corrected chi connectivity index (χ1v) is 7.05. The number of rotatable bonds is 7.